The van der Waals surface area contributed by atoms with Crippen LogP contribution in [-0.2, 0) is 0 Å². The largest absolute Gasteiger partial charge is 0.389 e. The number of hydrogen-bond acceptors (Lipinski definition) is 4. The van der Waals surface area contributed by atoms with Crippen molar-refractivity contribution in [3.05, 3.63) is 0 Å². The first-order valence-corrected chi connectivity index (χ1v) is 3.94. The molecule has 1 saturated heterocycles. The Hall–Kier alpha value is -0.160. The lowest BCUT2D eigenvalue weighted by molar-refractivity contribution is -0.0943. The molecule has 4 N–H and O–H groups in total. The van der Waals surface area contributed by atoms with Gasteiger partial charge in [0.15, 0.2) is 0 Å². The van der Waals surface area contributed by atoms with Crippen LogP contribution < -0.4 is 5.32 Å². The maximum Gasteiger partial charge on any atom is 0.108 e. The SMILES string of the molecule is CC[C@H]1NC[C@@H](O)[C@@H](O)[C@@H]1O. The normalized spacial score (nSPS) is 45.8. The summed E-state index contributed by atoms with van der Waals surface area (Å²) in [6, 6.07) is -0.0894. The summed E-state index contributed by atoms with van der Waals surface area (Å²) in [5.41, 5.74) is 0. The van der Waals surface area contributed by atoms with Crippen LogP contribution in [0, 0.1) is 0 Å². The zero-order chi connectivity index (χ0) is 8.43. The third-order valence-electron chi connectivity index (χ3n) is 2.19. The minimum atomic E-state index is -0.999. The Morgan fingerprint density at radius 2 is 1.91 bits per heavy atom. The third kappa shape index (κ3) is 1.70. The van der Waals surface area contributed by atoms with E-state index in [0.717, 1.165) is 6.42 Å². The Bertz CT molecular complexity index is 129. The molecule has 0 bridgehead atoms. The van der Waals surface area contributed by atoms with Gasteiger partial charge < -0.3 is 20.6 Å². The molecule has 0 amide bonds. The standard InChI is InChI=1S/C7H15NO3/c1-2-4-6(10)7(11)5(9)3-8-4/h4-11H,2-3H2,1H3/t4-,5-,6-,7-/m1/s1. The molecule has 0 unspecified atom stereocenters. The fraction of sp³-hybridized carbons (Fsp3) is 1.00. The highest BCUT2D eigenvalue weighted by Crippen LogP contribution is 2.12. The number of piperidine rings is 1. The molecule has 66 valence electrons. The lowest BCUT2D eigenvalue weighted by atomic mass is 9.95. The topological polar surface area (TPSA) is 72.7 Å². The number of aliphatic hydroxyl groups excluding tert-OH is 3. The first-order valence-electron chi connectivity index (χ1n) is 3.94. The Kier molecular flexibility index (Phi) is 2.84. The summed E-state index contributed by atoms with van der Waals surface area (Å²) in [6.07, 6.45) is -1.93. The molecule has 0 saturated carbocycles. The Morgan fingerprint density at radius 1 is 1.27 bits per heavy atom. The maximum atomic E-state index is 9.34. The average molecular weight is 161 g/mol. The van der Waals surface area contributed by atoms with Crippen LogP contribution in [0.25, 0.3) is 0 Å². The van der Waals surface area contributed by atoms with Gasteiger partial charge in [0.2, 0.25) is 0 Å². The molecule has 1 aliphatic heterocycles. The van der Waals surface area contributed by atoms with Crippen molar-refractivity contribution in [2.45, 2.75) is 37.7 Å². The Balaban J connectivity index is 2.52. The van der Waals surface area contributed by atoms with Crippen LogP contribution in [-0.4, -0.2) is 46.2 Å². The second kappa shape index (κ2) is 3.49. The summed E-state index contributed by atoms with van der Waals surface area (Å²) < 4.78 is 0. The molecule has 0 spiro atoms. The van der Waals surface area contributed by atoms with E-state index < -0.39 is 18.3 Å². The van der Waals surface area contributed by atoms with Crippen LogP contribution in [0.15, 0.2) is 0 Å². The van der Waals surface area contributed by atoms with Gasteiger partial charge >= 0.3 is 0 Å². The smallest absolute Gasteiger partial charge is 0.108 e. The minimum absolute atomic E-state index is 0.0894. The molecule has 4 heteroatoms. The second-order valence-corrected chi connectivity index (χ2v) is 2.97. The summed E-state index contributed by atoms with van der Waals surface area (Å²) in [4.78, 5) is 0. The summed E-state index contributed by atoms with van der Waals surface area (Å²) in [7, 11) is 0. The van der Waals surface area contributed by atoms with E-state index in [1.54, 1.807) is 0 Å². The van der Waals surface area contributed by atoms with E-state index in [9.17, 15) is 10.2 Å². The number of hydrogen-bond donors (Lipinski definition) is 4. The molecule has 0 aromatic rings. The molecule has 0 radical (unpaired) electrons. The number of rotatable bonds is 1. The van der Waals surface area contributed by atoms with E-state index in [4.69, 9.17) is 5.11 Å². The predicted molar refractivity (Wildman–Crippen MR) is 40.1 cm³/mol. The average Bonchev–Trinajstić information content (AvgIpc) is 2.01. The van der Waals surface area contributed by atoms with Crippen LogP contribution in [0.1, 0.15) is 13.3 Å². The van der Waals surface area contributed by atoms with Gasteiger partial charge in [-0.3, -0.25) is 0 Å². The number of β-amino-alcohol motifs (C(OH)–C–C–N with tert-alkyl or cyclic N) is 1. The number of aliphatic hydroxyl groups is 3. The Morgan fingerprint density at radius 3 is 2.45 bits per heavy atom. The van der Waals surface area contributed by atoms with Gasteiger partial charge in [0.1, 0.15) is 6.10 Å². The summed E-state index contributed by atoms with van der Waals surface area (Å²) in [5, 5.41) is 30.6. The van der Waals surface area contributed by atoms with Crippen LogP contribution in [0.2, 0.25) is 0 Å². The fourth-order valence-corrected chi connectivity index (χ4v) is 1.37. The molecule has 1 heterocycles. The van der Waals surface area contributed by atoms with Crippen LogP contribution >= 0.6 is 0 Å². The highest BCUT2D eigenvalue weighted by Gasteiger charge is 2.34. The molecule has 1 fully saturated rings. The van der Waals surface area contributed by atoms with Gasteiger partial charge in [-0.15, -0.1) is 0 Å². The highest BCUT2D eigenvalue weighted by atomic mass is 16.4. The van der Waals surface area contributed by atoms with Gasteiger partial charge in [0, 0.05) is 12.6 Å². The van der Waals surface area contributed by atoms with Gasteiger partial charge in [-0.25, -0.2) is 0 Å². The molecular formula is C7H15NO3. The van der Waals surface area contributed by atoms with Gasteiger partial charge in [-0.05, 0) is 6.42 Å². The van der Waals surface area contributed by atoms with Gasteiger partial charge in [0.25, 0.3) is 0 Å². The van der Waals surface area contributed by atoms with Crippen LogP contribution in [0.3, 0.4) is 0 Å². The quantitative estimate of drug-likeness (QED) is 0.376. The zero-order valence-corrected chi connectivity index (χ0v) is 6.57. The first kappa shape index (κ1) is 8.93. The van der Waals surface area contributed by atoms with E-state index in [1.165, 1.54) is 0 Å². The maximum absolute atomic E-state index is 9.34. The summed E-state index contributed by atoms with van der Waals surface area (Å²) >= 11 is 0. The van der Waals surface area contributed by atoms with Gasteiger partial charge in [-0.2, -0.15) is 0 Å². The number of nitrogens with one attached hydrogen (secondary N) is 1. The summed E-state index contributed by atoms with van der Waals surface area (Å²) in [5.74, 6) is 0. The van der Waals surface area contributed by atoms with Gasteiger partial charge in [0.05, 0.1) is 12.2 Å². The lowest BCUT2D eigenvalue weighted by Gasteiger charge is -2.35. The van der Waals surface area contributed by atoms with Crippen molar-refractivity contribution in [3.63, 3.8) is 0 Å². The molecule has 4 atom stereocenters. The van der Waals surface area contributed by atoms with Crippen molar-refractivity contribution in [2.75, 3.05) is 6.54 Å². The van der Waals surface area contributed by atoms with Gasteiger partial charge in [-0.1, -0.05) is 6.92 Å². The van der Waals surface area contributed by atoms with Crippen LogP contribution in [0.5, 0.6) is 0 Å². The summed E-state index contributed by atoms with van der Waals surface area (Å²) in [6.45, 7) is 2.28. The van der Waals surface area contributed by atoms with Crippen molar-refractivity contribution in [2.24, 2.45) is 0 Å². The van der Waals surface area contributed by atoms with Crippen molar-refractivity contribution in [3.8, 4) is 0 Å². The van der Waals surface area contributed by atoms with Crippen LogP contribution in [0.4, 0.5) is 0 Å². The molecule has 4 nitrogen and oxygen atoms in total. The lowest BCUT2D eigenvalue weighted by Crippen LogP contribution is -2.59. The van der Waals surface area contributed by atoms with E-state index in [-0.39, 0.29) is 6.04 Å². The Labute approximate surface area is 65.9 Å². The van der Waals surface area contributed by atoms with Crippen molar-refractivity contribution < 1.29 is 15.3 Å². The van der Waals surface area contributed by atoms with Crippen molar-refractivity contribution >= 4 is 0 Å². The highest BCUT2D eigenvalue weighted by molar-refractivity contribution is 4.91. The van der Waals surface area contributed by atoms with E-state index >= 15 is 0 Å². The molecular weight excluding hydrogens is 146 g/mol. The molecule has 0 aliphatic carbocycles. The third-order valence-corrected chi connectivity index (χ3v) is 2.19. The molecule has 11 heavy (non-hydrogen) atoms. The zero-order valence-electron chi connectivity index (χ0n) is 6.57. The first-order chi connectivity index (χ1) is 5.16. The molecule has 1 aliphatic rings. The molecule has 0 aromatic heterocycles. The van der Waals surface area contributed by atoms with Crippen molar-refractivity contribution in [1.82, 2.24) is 5.32 Å². The van der Waals surface area contributed by atoms with E-state index in [2.05, 4.69) is 5.32 Å². The minimum Gasteiger partial charge on any atom is -0.389 e. The fourth-order valence-electron chi connectivity index (χ4n) is 1.37. The second-order valence-electron chi connectivity index (χ2n) is 2.97. The van der Waals surface area contributed by atoms with E-state index in [0.29, 0.717) is 6.54 Å². The molecule has 1 rings (SSSR count). The van der Waals surface area contributed by atoms with Crippen molar-refractivity contribution in [1.29, 1.82) is 0 Å². The predicted octanol–water partition coefficient (Wildman–Crippen LogP) is -1.55. The molecule has 0 aromatic carbocycles. The van der Waals surface area contributed by atoms with E-state index in [1.807, 2.05) is 6.92 Å². The monoisotopic (exact) mass is 161 g/mol.